The number of alkyl halides is 6. The summed E-state index contributed by atoms with van der Waals surface area (Å²) in [5.41, 5.74) is -2.03. The Labute approximate surface area is 262 Å². The summed E-state index contributed by atoms with van der Waals surface area (Å²) in [6.07, 6.45) is 0. The summed E-state index contributed by atoms with van der Waals surface area (Å²) in [5, 5.41) is 10.4. The van der Waals surface area contributed by atoms with Gasteiger partial charge in [0.25, 0.3) is 0 Å². The number of rotatable bonds is 7. The molecule has 0 atom stereocenters. The highest BCUT2D eigenvalue weighted by molar-refractivity contribution is 7.19. The number of hydrogen-bond donors (Lipinski definition) is 0. The highest BCUT2D eigenvalue weighted by Gasteiger charge is 2.80. The predicted octanol–water partition coefficient (Wildman–Crippen LogP) is 10.5. The van der Waals surface area contributed by atoms with Crippen molar-refractivity contribution in [2.75, 3.05) is 14.2 Å². The van der Waals surface area contributed by atoms with Gasteiger partial charge in [0.1, 0.15) is 11.5 Å². The normalized spacial score (nSPS) is 16.4. The van der Waals surface area contributed by atoms with Crippen LogP contribution in [0.2, 0.25) is 0 Å². The van der Waals surface area contributed by atoms with Gasteiger partial charge in [-0.3, -0.25) is 0 Å². The first-order valence-electron chi connectivity index (χ1n) is 13.3. The molecule has 1 aliphatic carbocycles. The Balaban J connectivity index is 1.61. The minimum atomic E-state index is -5.71. The maximum absolute atomic E-state index is 15.9. The van der Waals surface area contributed by atoms with Gasteiger partial charge in [0.15, 0.2) is 0 Å². The lowest BCUT2D eigenvalue weighted by Crippen LogP contribution is -2.48. The van der Waals surface area contributed by atoms with E-state index in [2.05, 4.69) is 0 Å². The van der Waals surface area contributed by atoms with Gasteiger partial charge in [-0.25, -0.2) is 0 Å². The lowest BCUT2D eigenvalue weighted by molar-refractivity contribution is -0.254. The lowest BCUT2D eigenvalue weighted by atomic mass is 9.93. The van der Waals surface area contributed by atoms with Crippen LogP contribution in [0, 0.1) is 11.3 Å². The van der Waals surface area contributed by atoms with Gasteiger partial charge in [-0.2, -0.15) is 31.6 Å². The topological polar surface area (TPSA) is 42.2 Å². The molecule has 0 amide bonds. The van der Waals surface area contributed by atoms with Crippen molar-refractivity contribution in [3.05, 3.63) is 107 Å². The van der Waals surface area contributed by atoms with Crippen molar-refractivity contribution in [1.29, 1.82) is 5.26 Å². The zero-order valence-electron chi connectivity index (χ0n) is 23.5. The smallest absolute Gasteiger partial charge is 0.380 e. The summed E-state index contributed by atoms with van der Waals surface area (Å²) in [6, 6.07) is 23.4. The first-order chi connectivity index (χ1) is 21.4. The zero-order valence-corrected chi connectivity index (χ0v) is 25.1. The van der Waals surface area contributed by atoms with Crippen LogP contribution in [0.4, 0.5) is 26.3 Å². The Morgan fingerprint density at radius 1 is 0.622 bits per heavy atom. The lowest BCUT2D eigenvalue weighted by Gasteiger charge is -2.25. The van der Waals surface area contributed by atoms with Crippen LogP contribution < -0.4 is 9.47 Å². The minimum absolute atomic E-state index is 0.0802. The standard InChI is InChI=1S/C34H21F6NO2S2/c1-42-24-11-7-20(8-12-24)27-15-23(18-44-27)29-30(33(37,38)34(39,40)32(29,35)36)26-16-28(21-9-13-25(43-2)14-10-21)45-31(26)22-5-3-19(17-41)4-6-22/h3-16,18H,1-2H3. The number of ether oxygens (including phenoxy) is 2. The molecule has 0 N–H and O–H groups in total. The fourth-order valence-corrected chi connectivity index (χ4v) is 7.30. The van der Waals surface area contributed by atoms with E-state index < -0.39 is 40.0 Å². The van der Waals surface area contributed by atoms with Crippen LogP contribution in [0.15, 0.2) is 90.3 Å². The molecule has 0 bridgehead atoms. The summed E-state index contributed by atoms with van der Waals surface area (Å²) >= 11 is 1.97. The van der Waals surface area contributed by atoms with Crippen LogP contribution in [0.25, 0.3) is 42.5 Å². The molecule has 45 heavy (non-hydrogen) atoms. The van der Waals surface area contributed by atoms with Crippen molar-refractivity contribution in [3.63, 3.8) is 0 Å². The van der Waals surface area contributed by atoms with E-state index in [-0.39, 0.29) is 10.4 Å². The number of hydrogen-bond acceptors (Lipinski definition) is 5. The van der Waals surface area contributed by atoms with Gasteiger partial charge in [-0.1, -0.05) is 12.1 Å². The van der Waals surface area contributed by atoms with Gasteiger partial charge in [0.05, 0.1) is 25.9 Å². The molecule has 3 aromatic carbocycles. The van der Waals surface area contributed by atoms with Crippen LogP contribution in [0.3, 0.4) is 0 Å². The number of nitriles is 1. The van der Waals surface area contributed by atoms with Crippen LogP contribution in [-0.4, -0.2) is 32.0 Å². The molecular formula is C34H21F6NO2S2. The molecule has 6 rings (SSSR count). The second kappa shape index (κ2) is 11.1. The Morgan fingerprint density at radius 2 is 1.13 bits per heavy atom. The molecular weight excluding hydrogens is 633 g/mol. The van der Waals surface area contributed by atoms with E-state index in [1.807, 2.05) is 6.07 Å². The second-order valence-electron chi connectivity index (χ2n) is 10.2. The number of allylic oxidation sites excluding steroid dienone is 2. The SMILES string of the molecule is COc1ccc(-c2cc(C3=C(c4cc(-c5ccc(OC)cc5)sc4-c4ccc(C#N)cc4)C(F)(F)C(F)(F)C3(F)F)cs2)cc1. The second-order valence-corrected chi connectivity index (χ2v) is 12.1. The molecule has 0 fully saturated rings. The van der Waals surface area contributed by atoms with Gasteiger partial charge in [-0.05, 0) is 100 Å². The highest BCUT2D eigenvalue weighted by Crippen LogP contribution is 2.66. The zero-order chi connectivity index (χ0) is 32.1. The summed E-state index contributed by atoms with van der Waals surface area (Å²) in [4.78, 5) is 0.888. The van der Waals surface area contributed by atoms with Crippen molar-refractivity contribution in [1.82, 2.24) is 0 Å². The molecule has 0 saturated carbocycles. The number of halogens is 6. The Morgan fingerprint density at radius 3 is 1.67 bits per heavy atom. The van der Waals surface area contributed by atoms with E-state index in [1.54, 1.807) is 48.5 Å². The number of methoxy groups -OCH3 is 2. The maximum Gasteiger partial charge on any atom is 0.380 e. The van der Waals surface area contributed by atoms with Crippen molar-refractivity contribution < 1.29 is 35.8 Å². The summed E-state index contributed by atoms with van der Waals surface area (Å²) in [6.45, 7) is 0. The van der Waals surface area contributed by atoms with Crippen LogP contribution in [0.5, 0.6) is 11.5 Å². The van der Waals surface area contributed by atoms with Crippen LogP contribution in [-0.2, 0) is 0 Å². The summed E-state index contributed by atoms with van der Waals surface area (Å²) < 4.78 is 104. The van der Waals surface area contributed by atoms with E-state index in [4.69, 9.17) is 9.47 Å². The number of benzene rings is 3. The maximum atomic E-state index is 15.9. The highest BCUT2D eigenvalue weighted by atomic mass is 32.1. The number of thiophene rings is 2. The van der Waals surface area contributed by atoms with Crippen molar-refractivity contribution in [3.8, 4) is 48.9 Å². The first kappa shape index (κ1) is 30.5. The Bertz CT molecular complexity index is 1950. The van der Waals surface area contributed by atoms with Gasteiger partial charge in [0.2, 0.25) is 0 Å². The molecule has 1 aliphatic rings. The fraction of sp³-hybridized carbons (Fsp3) is 0.147. The van der Waals surface area contributed by atoms with Crippen molar-refractivity contribution >= 4 is 33.8 Å². The van der Waals surface area contributed by atoms with E-state index in [0.29, 0.717) is 37.9 Å². The van der Waals surface area contributed by atoms with Crippen LogP contribution in [0.1, 0.15) is 16.7 Å². The summed E-state index contributed by atoms with van der Waals surface area (Å²) in [7, 11) is 2.95. The molecule has 0 saturated heterocycles. The molecule has 0 aliphatic heterocycles. The van der Waals surface area contributed by atoms with Gasteiger partial charge < -0.3 is 9.47 Å². The molecule has 5 aromatic rings. The first-order valence-corrected chi connectivity index (χ1v) is 15.0. The Kier molecular flexibility index (Phi) is 7.54. The quantitative estimate of drug-likeness (QED) is 0.164. The van der Waals surface area contributed by atoms with Gasteiger partial charge in [-0.15, -0.1) is 22.7 Å². The molecule has 228 valence electrons. The average molecular weight is 654 g/mol. The Hall–Kier alpha value is -4.53. The minimum Gasteiger partial charge on any atom is -0.497 e. The summed E-state index contributed by atoms with van der Waals surface area (Å²) in [5.74, 6) is -15.1. The van der Waals surface area contributed by atoms with Crippen LogP contribution >= 0.6 is 22.7 Å². The van der Waals surface area contributed by atoms with E-state index in [0.717, 1.165) is 22.7 Å². The molecule has 2 heterocycles. The monoisotopic (exact) mass is 653 g/mol. The van der Waals surface area contributed by atoms with E-state index in [9.17, 15) is 5.26 Å². The van der Waals surface area contributed by atoms with Gasteiger partial charge >= 0.3 is 17.8 Å². The fourth-order valence-electron chi connectivity index (χ4n) is 5.21. The molecule has 3 nitrogen and oxygen atoms in total. The van der Waals surface area contributed by atoms with E-state index >= 15 is 26.3 Å². The third-order valence-corrected chi connectivity index (χ3v) is 9.79. The molecule has 2 aromatic heterocycles. The van der Waals surface area contributed by atoms with Crippen molar-refractivity contribution in [2.45, 2.75) is 17.8 Å². The molecule has 11 heteroatoms. The molecule has 0 radical (unpaired) electrons. The van der Waals surface area contributed by atoms with Gasteiger partial charge in [0, 0.05) is 31.3 Å². The van der Waals surface area contributed by atoms with E-state index in [1.165, 1.54) is 56.0 Å². The third kappa shape index (κ3) is 4.89. The largest absolute Gasteiger partial charge is 0.497 e. The van der Waals surface area contributed by atoms with Crippen molar-refractivity contribution in [2.24, 2.45) is 0 Å². The predicted molar refractivity (Wildman–Crippen MR) is 164 cm³/mol. The molecule has 0 unspecified atom stereocenters. The average Bonchev–Trinajstić information content (AvgIpc) is 3.73. The molecule has 0 spiro atoms. The number of nitrogens with zero attached hydrogens (tertiary/aromatic N) is 1. The third-order valence-electron chi connectivity index (χ3n) is 7.58.